The quantitative estimate of drug-likeness (QED) is 0.677. The topological polar surface area (TPSA) is 55.1 Å². The van der Waals surface area contributed by atoms with Crippen molar-refractivity contribution in [2.24, 2.45) is 0 Å². The Kier molecular flexibility index (Phi) is 3.31. The van der Waals surface area contributed by atoms with Gasteiger partial charge in [-0.1, -0.05) is 18.2 Å². The van der Waals surface area contributed by atoms with E-state index >= 15 is 0 Å². The molecule has 0 unspecified atom stereocenters. The van der Waals surface area contributed by atoms with Gasteiger partial charge in [-0.15, -0.1) is 0 Å². The molecular formula is C10H14N2O. The van der Waals surface area contributed by atoms with E-state index in [-0.39, 0.29) is 5.91 Å². The Balaban J connectivity index is 2.45. The lowest BCUT2D eigenvalue weighted by atomic mass is 10.1. The summed E-state index contributed by atoms with van der Waals surface area (Å²) < 4.78 is 0. The summed E-state index contributed by atoms with van der Waals surface area (Å²) in [4.78, 5) is 10.6. The monoisotopic (exact) mass is 178 g/mol. The summed E-state index contributed by atoms with van der Waals surface area (Å²) in [6.07, 6.45) is 0.784. The first-order chi connectivity index (χ1) is 6.20. The fourth-order valence-electron chi connectivity index (χ4n) is 1.14. The number of benzene rings is 1. The van der Waals surface area contributed by atoms with Crippen LogP contribution >= 0.6 is 0 Å². The molecular weight excluding hydrogens is 164 g/mol. The second-order valence-electron chi connectivity index (χ2n) is 2.93. The van der Waals surface area contributed by atoms with Gasteiger partial charge in [0, 0.05) is 19.2 Å². The van der Waals surface area contributed by atoms with E-state index in [4.69, 9.17) is 5.73 Å². The van der Waals surface area contributed by atoms with Gasteiger partial charge in [0.05, 0.1) is 0 Å². The molecule has 1 aromatic carbocycles. The zero-order chi connectivity index (χ0) is 9.68. The Morgan fingerprint density at radius 3 is 2.77 bits per heavy atom. The number of amides is 1. The predicted molar refractivity (Wildman–Crippen MR) is 53.2 cm³/mol. The summed E-state index contributed by atoms with van der Waals surface area (Å²) in [6.45, 7) is 2.15. The molecule has 0 radical (unpaired) electrons. The van der Waals surface area contributed by atoms with Gasteiger partial charge < -0.3 is 11.1 Å². The van der Waals surface area contributed by atoms with Gasteiger partial charge in [0.1, 0.15) is 0 Å². The number of hydrogen-bond donors (Lipinski definition) is 2. The van der Waals surface area contributed by atoms with Crippen LogP contribution in [0.2, 0.25) is 0 Å². The van der Waals surface area contributed by atoms with Gasteiger partial charge in [0.15, 0.2) is 0 Å². The van der Waals surface area contributed by atoms with Gasteiger partial charge in [-0.2, -0.15) is 0 Å². The van der Waals surface area contributed by atoms with Gasteiger partial charge in [-0.3, -0.25) is 4.79 Å². The molecule has 0 spiro atoms. The molecule has 0 aliphatic rings. The first-order valence-electron chi connectivity index (χ1n) is 4.28. The van der Waals surface area contributed by atoms with Crippen LogP contribution in [0.3, 0.4) is 0 Å². The molecule has 13 heavy (non-hydrogen) atoms. The third-order valence-electron chi connectivity index (χ3n) is 1.82. The lowest BCUT2D eigenvalue weighted by Crippen LogP contribution is -2.22. The number of para-hydroxylation sites is 1. The van der Waals surface area contributed by atoms with Crippen LogP contribution in [0.15, 0.2) is 24.3 Å². The van der Waals surface area contributed by atoms with Crippen LogP contribution in [0.1, 0.15) is 12.5 Å². The molecule has 3 heteroatoms. The van der Waals surface area contributed by atoms with E-state index in [0.717, 1.165) is 17.7 Å². The zero-order valence-electron chi connectivity index (χ0n) is 7.71. The van der Waals surface area contributed by atoms with Crippen molar-refractivity contribution in [1.82, 2.24) is 5.32 Å². The van der Waals surface area contributed by atoms with Crippen molar-refractivity contribution < 1.29 is 4.79 Å². The largest absolute Gasteiger partial charge is 0.399 e. The van der Waals surface area contributed by atoms with Crippen molar-refractivity contribution in [3.05, 3.63) is 29.8 Å². The molecule has 3 N–H and O–H groups in total. The van der Waals surface area contributed by atoms with E-state index in [2.05, 4.69) is 5.32 Å². The molecule has 1 aromatic rings. The van der Waals surface area contributed by atoms with Crippen LogP contribution < -0.4 is 11.1 Å². The average molecular weight is 178 g/mol. The molecule has 1 rings (SSSR count). The highest BCUT2D eigenvalue weighted by Gasteiger charge is 1.97. The van der Waals surface area contributed by atoms with Crippen LogP contribution in [0.25, 0.3) is 0 Å². The predicted octanol–water partition coefficient (Wildman–Crippen LogP) is 0.947. The van der Waals surface area contributed by atoms with Gasteiger partial charge >= 0.3 is 0 Å². The van der Waals surface area contributed by atoms with E-state index in [0.29, 0.717) is 6.54 Å². The van der Waals surface area contributed by atoms with Gasteiger partial charge in [-0.05, 0) is 18.1 Å². The molecule has 0 fully saturated rings. The van der Waals surface area contributed by atoms with Crippen molar-refractivity contribution in [3.63, 3.8) is 0 Å². The third-order valence-corrected chi connectivity index (χ3v) is 1.82. The second kappa shape index (κ2) is 4.50. The second-order valence-corrected chi connectivity index (χ2v) is 2.93. The molecule has 0 aromatic heterocycles. The molecule has 0 saturated heterocycles. The number of anilines is 1. The van der Waals surface area contributed by atoms with E-state index < -0.39 is 0 Å². The fraction of sp³-hybridized carbons (Fsp3) is 0.300. The normalized spacial score (nSPS) is 9.62. The molecule has 3 nitrogen and oxygen atoms in total. The first-order valence-corrected chi connectivity index (χ1v) is 4.28. The number of nitrogens with two attached hydrogens (primary N) is 1. The van der Waals surface area contributed by atoms with E-state index in [1.807, 2.05) is 24.3 Å². The number of nitrogens with one attached hydrogen (secondary N) is 1. The Bertz CT molecular complexity index is 297. The lowest BCUT2D eigenvalue weighted by Gasteiger charge is -2.04. The summed E-state index contributed by atoms with van der Waals surface area (Å²) >= 11 is 0. The Labute approximate surface area is 77.9 Å². The third kappa shape index (κ3) is 3.15. The van der Waals surface area contributed by atoms with Crippen molar-refractivity contribution in [2.45, 2.75) is 13.3 Å². The summed E-state index contributed by atoms with van der Waals surface area (Å²) in [5, 5.41) is 2.73. The zero-order valence-corrected chi connectivity index (χ0v) is 7.71. The Hall–Kier alpha value is -1.51. The number of hydrogen-bond acceptors (Lipinski definition) is 2. The number of rotatable bonds is 3. The Morgan fingerprint density at radius 2 is 2.15 bits per heavy atom. The number of nitrogen functional groups attached to an aromatic ring is 1. The van der Waals surface area contributed by atoms with Crippen molar-refractivity contribution in [2.75, 3.05) is 12.3 Å². The van der Waals surface area contributed by atoms with Crippen molar-refractivity contribution in [1.29, 1.82) is 0 Å². The highest BCUT2D eigenvalue weighted by atomic mass is 16.1. The lowest BCUT2D eigenvalue weighted by molar-refractivity contribution is -0.118. The summed E-state index contributed by atoms with van der Waals surface area (Å²) in [5.74, 6) is -0.00509. The van der Waals surface area contributed by atoms with Crippen LogP contribution in [0.5, 0.6) is 0 Å². The maximum Gasteiger partial charge on any atom is 0.216 e. The fourth-order valence-corrected chi connectivity index (χ4v) is 1.14. The standard InChI is InChI=1S/C10H14N2O/c1-8(13)12-7-6-9-4-2-3-5-10(9)11/h2-5H,6-7,11H2,1H3,(H,12,13). The van der Waals surface area contributed by atoms with Crippen molar-refractivity contribution in [3.8, 4) is 0 Å². The van der Waals surface area contributed by atoms with Crippen LogP contribution in [0.4, 0.5) is 5.69 Å². The summed E-state index contributed by atoms with van der Waals surface area (Å²) in [6, 6.07) is 7.68. The molecule has 0 aliphatic carbocycles. The smallest absolute Gasteiger partial charge is 0.216 e. The highest BCUT2D eigenvalue weighted by molar-refractivity contribution is 5.72. The van der Waals surface area contributed by atoms with Crippen molar-refractivity contribution >= 4 is 11.6 Å². The molecule has 0 atom stereocenters. The number of carbonyl (C=O) groups excluding carboxylic acids is 1. The summed E-state index contributed by atoms with van der Waals surface area (Å²) in [7, 11) is 0. The maximum absolute atomic E-state index is 10.6. The molecule has 0 aliphatic heterocycles. The highest BCUT2D eigenvalue weighted by Crippen LogP contribution is 2.09. The molecule has 1 amide bonds. The van der Waals surface area contributed by atoms with E-state index in [1.165, 1.54) is 6.92 Å². The van der Waals surface area contributed by atoms with Crippen LogP contribution in [-0.4, -0.2) is 12.5 Å². The van der Waals surface area contributed by atoms with Gasteiger partial charge in [0.2, 0.25) is 5.91 Å². The minimum absolute atomic E-state index is 0.00509. The first kappa shape index (κ1) is 9.58. The minimum Gasteiger partial charge on any atom is -0.399 e. The molecule has 0 heterocycles. The Morgan fingerprint density at radius 1 is 1.46 bits per heavy atom. The summed E-state index contributed by atoms with van der Waals surface area (Å²) in [5.41, 5.74) is 7.59. The molecule has 70 valence electrons. The molecule has 0 bridgehead atoms. The SMILES string of the molecule is CC(=O)NCCc1ccccc1N. The van der Waals surface area contributed by atoms with Crippen LogP contribution in [0, 0.1) is 0 Å². The molecule has 0 saturated carbocycles. The van der Waals surface area contributed by atoms with Crippen LogP contribution in [-0.2, 0) is 11.2 Å². The average Bonchev–Trinajstić information content (AvgIpc) is 2.08. The van der Waals surface area contributed by atoms with E-state index in [1.54, 1.807) is 0 Å². The minimum atomic E-state index is -0.00509. The van der Waals surface area contributed by atoms with E-state index in [9.17, 15) is 4.79 Å². The number of carbonyl (C=O) groups is 1. The maximum atomic E-state index is 10.6. The van der Waals surface area contributed by atoms with Gasteiger partial charge in [0.25, 0.3) is 0 Å². The van der Waals surface area contributed by atoms with Gasteiger partial charge in [-0.25, -0.2) is 0 Å².